The Kier molecular flexibility index (Phi) is 5.24. The summed E-state index contributed by atoms with van der Waals surface area (Å²) in [5, 5.41) is 4.59. The van der Waals surface area contributed by atoms with Gasteiger partial charge in [-0.2, -0.15) is 5.10 Å². The number of hydrogen-bond donors (Lipinski definition) is 0. The molecule has 0 aliphatic heterocycles. The number of ether oxygens (including phenoxy) is 1. The molecule has 160 valence electrons. The van der Waals surface area contributed by atoms with E-state index in [2.05, 4.69) is 10.1 Å². The van der Waals surface area contributed by atoms with Crippen molar-refractivity contribution >= 4 is 44.1 Å². The van der Waals surface area contributed by atoms with Crippen LogP contribution in [-0.2, 0) is 17.9 Å². The molecule has 32 heavy (non-hydrogen) atoms. The van der Waals surface area contributed by atoms with Crippen LogP contribution in [0.4, 0.5) is 0 Å². The van der Waals surface area contributed by atoms with Gasteiger partial charge < -0.3 is 4.74 Å². The Balaban J connectivity index is 1.37. The molecular formula is C23H17ClN4O3S. The van der Waals surface area contributed by atoms with Crippen LogP contribution < -0.4 is 5.56 Å². The fourth-order valence-corrected chi connectivity index (χ4v) is 4.92. The summed E-state index contributed by atoms with van der Waals surface area (Å²) in [5.74, 6) is -0.606. The average molecular weight is 465 g/mol. The number of aryl methyl sites for hydroxylation is 1. The molecule has 0 spiro atoms. The SMILES string of the molecule is Cc1nn(Cc2ccccc2)c(Cl)c1C(=O)OCc1cc(=O)n2c(n1)sc1ccccc12. The normalized spacial score (nSPS) is 11.3. The average Bonchev–Trinajstić information content (AvgIpc) is 3.29. The minimum absolute atomic E-state index is 0.140. The summed E-state index contributed by atoms with van der Waals surface area (Å²) in [5.41, 5.74) is 2.66. The molecule has 2 aromatic carbocycles. The van der Waals surface area contributed by atoms with Crippen LogP contribution in [0.1, 0.15) is 27.3 Å². The zero-order valence-corrected chi connectivity index (χ0v) is 18.6. The van der Waals surface area contributed by atoms with E-state index < -0.39 is 5.97 Å². The van der Waals surface area contributed by atoms with E-state index in [1.807, 2.05) is 54.6 Å². The van der Waals surface area contributed by atoms with Gasteiger partial charge in [0.1, 0.15) is 17.3 Å². The summed E-state index contributed by atoms with van der Waals surface area (Å²) in [6.07, 6.45) is 0. The summed E-state index contributed by atoms with van der Waals surface area (Å²) >= 11 is 7.84. The highest BCUT2D eigenvalue weighted by Gasteiger charge is 2.22. The predicted molar refractivity (Wildman–Crippen MR) is 123 cm³/mol. The van der Waals surface area contributed by atoms with Crippen LogP contribution in [0.5, 0.6) is 0 Å². The van der Waals surface area contributed by atoms with Crippen LogP contribution in [0.2, 0.25) is 5.15 Å². The second-order valence-corrected chi connectivity index (χ2v) is 8.61. The van der Waals surface area contributed by atoms with Gasteiger partial charge in [0.25, 0.3) is 5.56 Å². The van der Waals surface area contributed by atoms with Crippen molar-refractivity contribution in [3.63, 3.8) is 0 Å². The van der Waals surface area contributed by atoms with Gasteiger partial charge in [-0.25, -0.2) is 14.5 Å². The van der Waals surface area contributed by atoms with Crippen LogP contribution in [0.3, 0.4) is 0 Å². The van der Waals surface area contributed by atoms with Crippen molar-refractivity contribution in [2.75, 3.05) is 0 Å². The maximum Gasteiger partial charge on any atom is 0.343 e. The number of esters is 1. The number of fused-ring (bicyclic) bond motifs is 3. The number of carbonyl (C=O) groups excluding carboxylic acids is 1. The molecule has 0 radical (unpaired) electrons. The number of hydrogen-bond acceptors (Lipinski definition) is 6. The highest BCUT2D eigenvalue weighted by molar-refractivity contribution is 7.23. The maximum atomic E-state index is 12.7. The van der Waals surface area contributed by atoms with E-state index in [4.69, 9.17) is 16.3 Å². The molecule has 0 amide bonds. The van der Waals surface area contributed by atoms with Gasteiger partial charge in [-0.05, 0) is 24.6 Å². The number of halogens is 1. The number of nitrogens with zero attached hydrogens (tertiary/aromatic N) is 4. The Morgan fingerprint density at radius 3 is 2.69 bits per heavy atom. The fraction of sp³-hybridized carbons (Fsp3) is 0.130. The van der Waals surface area contributed by atoms with Crippen molar-refractivity contribution in [2.24, 2.45) is 0 Å². The third-order valence-corrected chi connectivity index (χ3v) is 6.45. The van der Waals surface area contributed by atoms with Crippen molar-refractivity contribution < 1.29 is 9.53 Å². The van der Waals surface area contributed by atoms with E-state index in [0.717, 1.165) is 15.8 Å². The molecule has 3 heterocycles. The summed E-state index contributed by atoms with van der Waals surface area (Å²) < 4.78 is 9.51. The molecule has 5 aromatic rings. The molecular weight excluding hydrogens is 448 g/mol. The van der Waals surface area contributed by atoms with Crippen molar-refractivity contribution in [1.29, 1.82) is 0 Å². The Morgan fingerprint density at radius 1 is 1.12 bits per heavy atom. The maximum absolute atomic E-state index is 12.7. The molecule has 0 aliphatic rings. The lowest BCUT2D eigenvalue weighted by molar-refractivity contribution is 0.0467. The largest absolute Gasteiger partial charge is 0.455 e. The minimum atomic E-state index is -0.606. The van der Waals surface area contributed by atoms with Gasteiger partial charge >= 0.3 is 5.97 Å². The topological polar surface area (TPSA) is 78.5 Å². The van der Waals surface area contributed by atoms with Gasteiger partial charge in [0, 0.05) is 6.07 Å². The molecule has 0 aliphatic carbocycles. The van der Waals surface area contributed by atoms with Crippen molar-refractivity contribution in [3.8, 4) is 0 Å². The van der Waals surface area contributed by atoms with Gasteiger partial charge in [0.2, 0.25) is 0 Å². The zero-order valence-electron chi connectivity index (χ0n) is 17.0. The lowest BCUT2D eigenvalue weighted by atomic mass is 10.2. The quantitative estimate of drug-likeness (QED) is 0.358. The van der Waals surface area contributed by atoms with E-state index in [-0.39, 0.29) is 22.9 Å². The molecule has 0 N–H and O–H groups in total. The Morgan fingerprint density at radius 2 is 1.88 bits per heavy atom. The van der Waals surface area contributed by atoms with Crippen LogP contribution in [-0.4, -0.2) is 25.1 Å². The van der Waals surface area contributed by atoms with Crippen molar-refractivity contribution in [1.82, 2.24) is 19.2 Å². The van der Waals surface area contributed by atoms with Crippen molar-refractivity contribution in [2.45, 2.75) is 20.1 Å². The molecule has 3 aromatic heterocycles. The number of benzene rings is 2. The molecule has 0 fully saturated rings. The monoisotopic (exact) mass is 464 g/mol. The van der Waals surface area contributed by atoms with E-state index >= 15 is 0 Å². The summed E-state index contributed by atoms with van der Waals surface area (Å²) in [4.78, 5) is 30.4. The molecule has 5 rings (SSSR count). The Bertz CT molecular complexity index is 1520. The van der Waals surface area contributed by atoms with Crippen LogP contribution in [0.15, 0.2) is 65.5 Å². The molecule has 7 nitrogen and oxygen atoms in total. The highest BCUT2D eigenvalue weighted by atomic mass is 35.5. The molecule has 0 saturated carbocycles. The number of carbonyl (C=O) groups is 1. The van der Waals surface area contributed by atoms with Crippen LogP contribution in [0.25, 0.3) is 15.2 Å². The second-order valence-electron chi connectivity index (χ2n) is 7.24. The summed E-state index contributed by atoms with van der Waals surface area (Å²) in [6.45, 7) is 2.00. The fourth-order valence-electron chi connectivity index (χ4n) is 3.56. The predicted octanol–water partition coefficient (Wildman–Crippen LogP) is 4.47. The van der Waals surface area contributed by atoms with E-state index in [0.29, 0.717) is 22.9 Å². The Labute approximate surface area is 191 Å². The van der Waals surface area contributed by atoms with E-state index in [1.54, 1.807) is 16.0 Å². The smallest absolute Gasteiger partial charge is 0.343 e. The number of rotatable bonds is 5. The van der Waals surface area contributed by atoms with E-state index in [1.165, 1.54) is 17.4 Å². The molecule has 0 atom stereocenters. The molecule has 0 bridgehead atoms. The third kappa shape index (κ3) is 3.68. The first kappa shape index (κ1) is 20.4. The lowest BCUT2D eigenvalue weighted by Crippen LogP contribution is -2.15. The van der Waals surface area contributed by atoms with E-state index in [9.17, 15) is 9.59 Å². The highest BCUT2D eigenvalue weighted by Crippen LogP contribution is 2.24. The first-order chi connectivity index (χ1) is 15.5. The second kappa shape index (κ2) is 8.22. The van der Waals surface area contributed by atoms with Gasteiger partial charge in [0.05, 0.1) is 28.1 Å². The lowest BCUT2D eigenvalue weighted by Gasteiger charge is -2.06. The standard InChI is InChI=1S/C23H17ClN4O3S/c1-14-20(21(24)27(26-14)12-15-7-3-2-4-8-15)22(30)31-13-16-11-19(29)28-17-9-5-6-10-18(17)32-23(28)25-16/h2-11H,12-13H2,1H3. The van der Waals surface area contributed by atoms with Gasteiger partial charge in [-0.1, -0.05) is 65.4 Å². The summed E-state index contributed by atoms with van der Waals surface area (Å²) in [6, 6.07) is 18.7. The third-order valence-electron chi connectivity index (χ3n) is 5.04. The zero-order chi connectivity index (χ0) is 22.2. The Hall–Kier alpha value is -3.49. The van der Waals surface area contributed by atoms with Gasteiger partial charge in [0.15, 0.2) is 4.96 Å². The van der Waals surface area contributed by atoms with Crippen LogP contribution in [0, 0.1) is 6.92 Å². The first-order valence-electron chi connectivity index (χ1n) is 9.85. The number of aromatic nitrogens is 4. The number of para-hydroxylation sites is 1. The molecule has 0 unspecified atom stereocenters. The molecule has 0 saturated heterocycles. The van der Waals surface area contributed by atoms with Crippen LogP contribution >= 0.6 is 22.9 Å². The number of thiazole rings is 1. The minimum Gasteiger partial charge on any atom is -0.455 e. The molecule has 9 heteroatoms. The van der Waals surface area contributed by atoms with Gasteiger partial charge in [-0.3, -0.25) is 9.20 Å². The first-order valence-corrected chi connectivity index (χ1v) is 11.0. The van der Waals surface area contributed by atoms with Crippen molar-refractivity contribution in [3.05, 3.63) is 98.7 Å². The summed E-state index contributed by atoms with van der Waals surface area (Å²) in [7, 11) is 0. The van der Waals surface area contributed by atoms with Gasteiger partial charge in [-0.15, -0.1) is 0 Å².